The normalized spacial score (nSPS) is 14.8. The molecule has 5 heteroatoms. The lowest BCUT2D eigenvalue weighted by atomic mass is 10.1. The highest BCUT2D eigenvalue weighted by molar-refractivity contribution is 6.19. The highest BCUT2D eigenvalue weighted by atomic mass is 16.2. The largest absolute Gasteiger partial charge is 0.322 e. The van der Waals surface area contributed by atoms with Gasteiger partial charge in [0.25, 0.3) is 5.91 Å². The molecular weight excluding hydrogens is 264 g/mol. The number of nitrogens with zero attached hydrogens (tertiary/aromatic N) is 3. The molecule has 0 saturated carbocycles. The summed E-state index contributed by atoms with van der Waals surface area (Å²) in [5, 5.41) is 5.76. The number of rotatable bonds is 2. The van der Waals surface area contributed by atoms with Crippen molar-refractivity contribution >= 4 is 28.6 Å². The van der Waals surface area contributed by atoms with Crippen molar-refractivity contribution < 1.29 is 4.79 Å². The van der Waals surface area contributed by atoms with Gasteiger partial charge in [-0.15, -0.1) is 0 Å². The monoisotopic (exact) mass is 276 g/mol. The molecule has 102 valence electrons. The van der Waals surface area contributed by atoms with Crippen molar-refractivity contribution in [2.45, 2.75) is 6.42 Å². The number of anilines is 1. The first-order valence-electron chi connectivity index (χ1n) is 6.72. The van der Waals surface area contributed by atoms with Crippen LogP contribution in [0.1, 0.15) is 12.0 Å². The number of aromatic amines is 1. The molecule has 0 fully saturated rings. The molecule has 0 bridgehead atoms. The maximum Gasteiger partial charge on any atom is 0.256 e. The number of carbonyl (C=O) groups is 1. The van der Waals surface area contributed by atoms with Gasteiger partial charge in [-0.05, 0) is 17.7 Å². The number of hydrogen-bond acceptors (Lipinski definition) is 3. The Hall–Kier alpha value is -2.95. The van der Waals surface area contributed by atoms with Gasteiger partial charge in [0.05, 0.1) is 23.2 Å². The highest BCUT2D eigenvalue weighted by Gasteiger charge is 2.28. The van der Waals surface area contributed by atoms with E-state index < -0.39 is 0 Å². The van der Waals surface area contributed by atoms with E-state index in [1.54, 1.807) is 0 Å². The van der Waals surface area contributed by atoms with Crippen LogP contribution in [0.4, 0.5) is 5.95 Å². The Morgan fingerprint density at radius 2 is 1.76 bits per heavy atom. The molecule has 3 aromatic rings. The first-order chi connectivity index (χ1) is 10.3. The topological polar surface area (TPSA) is 61.4 Å². The van der Waals surface area contributed by atoms with Crippen LogP contribution in [0.25, 0.3) is 11.0 Å². The summed E-state index contributed by atoms with van der Waals surface area (Å²) < 4.78 is 0. The second-order valence-corrected chi connectivity index (χ2v) is 4.87. The number of hydrazone groups is 1. The molecule has 0 radical (unpaired) electrons. The van der Waals surface area contributed by atoms with Gasteiger partial charge in [0.1, 0.15) is 0 Å². The van der Waals surface area contributed by atoms with Gasteiger partial charge in [-0.2, -0.15) is 10.1 Å². The van der Waals surface area contributed by atoms with Gasteiger partial charge in [-0.1, -0.05) is 42.5 Å². The van der Waals surface area contributed by atoms with Gasteiger partial charge in [-0.3, -0.25) is 4.79 Å². The van der Waals surface area contributed by atoms with Crippen LogP contribution in [0.2, 0.25) is 0 Å². The van der Waals surface area contributed by atoms with E-state index in [1.165, 1.54) is 5.01 Å². The highest BCUT2D eigenvalue weighted by Crippen LogP contribution is 2.23. The third-order valence-electron chi connectivity index (χ3n) is 3.46. The third kappa shape index (κ3) is 1.99. The molecule has 1 aliphatic rings. The number of para-hydroxylation sites is 2. The van der Waals surface area contributed by atoms with Crippen LogP contribution >= 0.6 is 0 Å². The van der Waals surface area contributed by atoms with Crippen LogP contribution in [0.15, 0.2) is 59.7 Å². The van der Waals surface area contributed by atoms with Crippen molar-refractivity contribution in [1.82, 2.24) is 9.97 Å². The number of imidazole rings is 1. The summed E-state index contributed by atoms with van der Waals surface area (Å²) in [6, 6.07) is 17.4. The Balaban J connectivity index is 1.74. The van der Waals surface area contributed by atoms with E-state index in [0.29, 0.717) is 12.4 Å². The zero-order valence-electron chi connectivity index (χ0n) is 11.2. The quantitative estimate of drug-likeness (QED) is 0.782. The van der Waals surface area contributed by atoms with Crippen molar-refractivity contribution in [2.75, 3.05) is 5.01 Å². The van der Waals surface area contributed by atoms with Crippen molar-refractivity contribution in [2.24, 2.45) is 5.10 Å². The van der Waals surface area contributed by atoms with Gasteiger partial charge in [0.2, 0.25) is 5.95 Å². The number of hydrogen-bond donors (Lipinski definition) is 1. The second-order valence-electron chi connectivity index (χ2n) is 4.87. The average Bonchev–Trinajstić information content (AvgIpc) is 3.11. The molecule has 1 amide bonds. The minimum Gasteiger partial charge on any atom is -0.322 e. The number of fused-ring (bicyclic) bond motifs is 1. The van der Waals surface area contributed by atoms with E-state index in [1.807, 2.05) is 54.6 Å². The first kappa shape index (κ1) is 11.8. The lowest BCUT2D eigenvalue weighted by Crippen LogP contribution is -2.20. The van der Waals surface area contributed by atoms with Gasteiger partial charge in [-0.25, -0.2) is 4.98 Å². The van der Waals surface area contributed by atoms with Crippen LogP contribution in [0.5, 0.6) is 0 Å². The van der Waals surface area contributed by atoms with Crippen molar-refractivity contribution in [1.29, 1.82) is 0 Å². The van der Waals surface area contributed by atoms with E-state index >= 15 is 0 Å². The molecular formula is C16H12N4O. The molecule has 2 heterocycles. The van der Waals surface area contributed by atoms with E-state index in [0.717, 1.165) is 22.3 Å². The fourth-order valence-electron chi connectivity index (χ4n) is 2.43. The molecule has 5 nitrogen and oxygen atoms in total. The standard InChI is InChI=1S/C16H12N4O/c21-15-10-14(11-6-2-1-3-7-11)19-20(15)16-17-12-8-4-5-9-13(12)18-16/h1-9H,10H2,(H,17,18). The number of amides is 1. The predicted molar refractivity (Wildman–Crippen MR) is 81.2 cm³/mol. The van der Waals surface area contributed by atoms with Gasteiger partial charge < -0.3 is 4.98 Å². The van der Waals surface area contributed by atoms with Gasteiger partial charge in [0, 0.05) is 0 Å². The van der Waals surface area contributed by atoms with Crippen LogP contribution in [-0.2, 0) is 4.79 Å². The summed E-state index contributed by atoms with van der Waals surface area (Å²) in [4.78, 5) is 19.7. The lowest BCUT2D eigenvalue weighted by molar-refractivity contribution is -0.117. The number of H-pyrrole nitrogens is 1. The summed E-state index contributed by atoms with van der Waals surface area (Å²) in [6.45, 7) is 0. The number of carbonyl (C=O) groups excluding carboxylic acids is 1. The van der Waals surface area contributed by atoms with Crippen LogP contribution in [0, 0.1) is 0 Å². The molecule has 4 rings (SSSR count). The molecule has 2 aromatic carbocycles. The Morgan fingerprint density at radius 3 is 2.57 bits per heavy atom. The van der Waals surface area contributed by atoms with E-state index in [9.17, 15) is 4.79 Å². The van der Waals surface area contributed by atoms with Crippen LogP contribution in [-0.4, -0.2) is 21.6 Å². The minimum atomic E-state index is -0.0760. The fourth-order valence-corrected chi connectivity index (χ4v) is 2.43. The predicted octanol–water partition coefficient (Wildman–Crippen LogP) is 2.70. The van der Waals surface area contributed by atoms with E-state index in [-0.39, 0.29) is 5.91 Å². The molecule has 1 aromatic heterocycles. The first-order valence-corrected chi connectivity index (χ1v) is 6.72. The minimum absolute atomic E-state index is 0.0760. The molecule has 1 N–H and O–H groups in total. The molecule has 0 saturated heterocycles. The van der Waals surface area contributed by atoms with Gasteiger partial charge in [0.15, 0.2) is 0 Å². The molecule has 21 heavy (non-hydrogen) atoms. The van der Waals surface area contributed by atoms with Gasteiger partial charge >= 0.3 is 0 Å². The van der Waals surface area contributed by atoms with Crippen molar-refractivity contribution in [3.63, 3.8) is 0 Å². The molecule has 0 unspecified atom stereocenters. The summed E-state index contributed by atoms with van der Waals surface area (Å²) in [5.74, 6) is 0.389. The Bertz CT molecular complexity index is 818. The molecule has 0 aliphatic carbocycles. The molecule has 0 atom stereocenters. The van der Waals surface area contributed by atoms with Crippen LogP contribution < -0.4 is 5.01 Å². The Labute approximate surface area is 120 Å². The third-order valence-corrected chi connectivity index (χ3v) is 3.46. The maximum absolute atomic E-state index is 12.2. The Kier molecular flexibility index (Phi) is 2.57. The number of benzene rings is 2. The molecule has 0 spiro atoms. The summed E-state index contributed by atoms with van der Waals surface area (Å²) >= 11 is 0. The average molecular weight is 276 g/mol. The maximum atomic E-state index is 12.2. The van der Waals surface area contributed by atoms with Crippen molar-refractivity contribution in [3.05, 3.63) is 60.2 Å². The number of aromatic nitrogens is 2. The summed E-state index contributed by atoms with van der Waals surface area (Å²) in [6.07, 6.45) is 0.293. The summed E-state index contributed by atoms with van der Waals surface area (Å²) in [5.41, 5.74) is 3.44. The van der Waals surface area contributed by atoms with Crippen molar-refractivity contribution in [3.8, 4) is 0 Å². The Morgan fingerprint density at radius 1 is 1.00 bits per heavy atom. The zero-order chi connectivity index (χ0) is 14.2. The smallest absolute Gasteiger partial charge is 0.256 e. The van der Waals surface area contributed by atoms with E-state index in [2.05, 4.69) is 15.1 Å². The fraction of sp³-hybridized carbons (Fsp3) is 0.0625. The van der Waals surface area contributed by atoms with Crippen LogP contribution in [0.3, 0.4) is 0 Å². The molecule has 1 aliphatic heterocycles. The lowest BCUT2D eigenvalue weighted by Gasteiger charge is -2.05. The SMILES string of the molecule is O=C1CC(c2ccccc2)=NN1c1nc2ccccc2[nH]1. The second kappa shape index (κ2) is 4.56. The van der Waals surface area contributed by atoms with E-state index in [4.69, 9.17) is 0 Å². The number of nitrogens with one attached hydrogen (secondary N) is 1. The zero-order valence-corrected chi connectivity index (χ0v) is 11.2. The summed E-state index contributed by atoms with van der Waals surface area (Å²) in [7, 11) is 0.